The summed E-state index contributed by atoms with van der Waals surface area (Å²) in [5.74, 6) is -2.88. The average Bonchev–Trinajstić information content (AvgIpc) is 3.46. The minimum Gasteiger partial charge on any atom is -0.298 e. The Hall–Kier alpha value is -3.01. The number of nitro groups is 1. The van der Waals surface area contributed by atoms with Gasteiger partial charge >= 0.3 is 0 Å². The first-order valence-corrected chi connectivity index (χ1v) is 9.92. The van der Waals surface area contributed by atoms with Crippen LogP contribution in [0, 0.1) is 16.0 Å². The van der Waals surface area contributed by atoms with E-state index in [4.69, 9.17) is 0 Å². The van der Waals surface area contributed by atoms with Crippen LogP contribution in [0.2, 0.25) is 0 Å². The van der Waals surface area contributed by atoms with Gasteiger partial charge in [-0.2, -0.15) is 0 Å². The number of benzene rings is 1. The summed E-state index contributed by atoms with van der Waals surface area (Å²) in [5, 5.41) is 11.4. The number of aromatic nitrogens is 2. The van der Waals surface area contributed by atoms with Gasteiger partial charge in [0.25, 0.3) is 5.69 Å². The van der Waals surface area contributed by atoms with Gasteiger partial charge in [0.2, 0.25) is 0 Å². The van der Waals surface area contributed by atoms with Gasteiger partial charge < -0.3 is 0 Å². The van der Waals surface area contributed by atoms with Crippen LogP contribution >= 0.6 is 0 Å². The summed E-state index contributed by atoms with van der Waals surface area (Å²) in [5.41, 5.74) is -1.02. The van der Waals surface area contributed by atoms with Crippen LogP contribution in [-0.2, 0) is 14.6 Å². The Kier molecular flexibility index (Phi) is 4.83. The van der Waals surface area contributed by atoms with Gasteiger partial charge in [-0.1, -0.05) is 0 Å². The minimum atomic E-state index is -3.70. The first-order chi connectivity index (χ1) is 12.7. The third-order valence-corrected chi connectivity index (χ3v) is 5.34. The largest absolute Gasteiger partial charge is 0.298 e. The third-order valence-electron chi connectivity index (χ3n) is 4.23. The van der Waals surface area contributed by atoms with Crippen molar-refractivity contribution < 1.29 is 22.9 Å². The van der Waals surface area contributed by atoms with Gasteiger partial charge in [0.1, 0.15) is 11.7 Å². The summed E-state index contributed by atoms with van der Waals surface area (Å²) in [7, 11) is -3.70. The summed E-state index contributed by atoms with van der Waals surface area (Å²) >= 11 is 0. The molecule has 1 fully saturated rings. The fourth-order valence-electron chi connectivity index (χ4n) is 2.69. The van der Waals surface area contributed by atoms with Crippen LogP contribution in [0.3, 0.4) is 0 Å². The number of nitro benzene ring substituents is 1. The zero-order chi connectivity index (χ0) is 19.8. The molecule has 0 bridgehead atoms. The smallest absolute Gasteiger partial charge is 0.281 e. The predicted molar refractivity (Wildman–Crippen MR) is 93.0 cm³/mol. The van der Waals surface area contributed by atoms with Crippen molar-refractivity contribution in [1.82, 2.24) is 9.97 Å². The standard InChI is InChI=1S/C17H15N3O6S/c1-27(25,26)11-5-6-12(13(9-11)20(23)24)16(22)14(15(21)10-3-4-10)17-18-7-2-8-19-17/h2,5-10,14H,3-4H2,1H3. The number of hydrogen-bond acceptors (Lipinski definition) is 8. The number of ketones is 2. The van der Waals surface area contributed by atoms with E-state index in [0.717, 1.165) is 24.5 Å². The maximum absolute atomic E-state index is 13.1. The Balaban J connectivity index is 2.11. The van der Waals surface area contributed by atoms with Crippen LogP contribution in [0.25, 0.3) is 0 Å². The zero-order valence-corrected chi connectivity index (χ0v) is 15.0. The van der Waals surface area contributed by atoms with Crippen molar-refractivity contribution in [2.45, 2.75) is 23.7 Å². The van der Waals surface area contributed by atoms with Crippen LogP contribution in [0.5, 0.6) is 0 Å². The summed E-state index contributed by atoms with van der Waals surface area (Å²) in [6.07, 6.45) is 4.95. The second-order valence-electron chi connectivity index (χ2n) is 6.29. The highest BCUT2D eigenvalue weighted by molar-refractivity contribution is 7.90. The molecule has 2 aromatic rings. The van der Waals surface area contributed by atoms with E-state index >= 15 is 0 Å². The molecule has 1 saturated carbocycles. The number of sulfone groups is 1. The zero-order valence-electron chi connectivity index (χ0n) is 14.2. The fourth-order valence-corrected chi connectivity index (χ4v) is 3.33. The van der Waals surface area contributed by atoms with E-state index in [9.17, 15) is 28.1 Å². The van der Waals surface area contributed by atoms with Crippen molar-refractivity contribution >= 4 is 27.1 Å². The molecule has 10 heteroatoms. The second kappa shape index (κ2) is 6.95. The molecule has 1 unspecified atom stereocenters. The Morgan fingerprint density at radius 1 is 1.22 bits per heavy atom. The molecule has 0 spiro atoms. The molecule has 1 heterocycles. The molecule has 0 aliphatic heterocycles. The van der Waals surface area contributed by atoms with Crippen LogP contribution < -0.4 is 0 Å². The van der Waals surface area contributed by atoms with Crippen molar-refractivity contribution in [3.8, 4) is 0 Å². The second-order valence-corrected chi connectivity index (χ2v) is 8.30. The number of nitrogens with zero attached hydrogens (tertiary/aromatic N) is 3. The first-order valence-electron chi connectivity index (χ1n) is 8.03. The van der Waals surface area contributed by atoms with Gasteiger partial charge in [-0.15, -0.1) is 0 Å². The van der Waals surface area contributed by atoms with Crippen LogP contribution in [0.1, 0.15) is 34.9 Å². The number of hydrogen-bond donors (Lipinski definition) is 0. The molecule has 9 nitrogen and oxygen atoms in total. The average molecular weight is 389 g/mol. The lowest BCUT2D eigenvalue weighted by atomic mass is 9.89. The SMILES string of the molecule is CS(=O)(=O)c1ccc(C(=O)C(C(=O)C2CC2)c2ncccn2)c([N+](=O)[O-])c1. The molecule has 0 saturated heterocycles. The first kappa shape index (κ1) is 18.8. The Labute approximate surface area is 154 Å². The summed E-state index contributed by atoms with van der Waals surface area (Å²) in [6.45, 7) is 0. The van der Waals surface area contributed by atoms with E-state index in [-0.39, 0.29) is 28.0 Å². The Morgan fingerprint density at radius 3 is 2.37 bits per heavy atom. The molecule has 1 aromatic heterocycles. The van der Waals surface area contributed by atoms with Gasteiger partial charge in [-0.3, -0.25) is 19.7 Å². The normalized spacial score (nSPS) is 15.1. The Bertz CT molecular complexity index is 1030. The van der Waals surface area contributed by atoms with Crippen LogP contribution in [-0.4, -0.2) is 41.1 Å². The molecular formula is C17H15N3O6S. The van der Waals surface area contributed by atoms with Gasteiger partial charge in [-0.05, 0) is 31.0 Å². The van der Waals surface area contributed by atoms with Crippen molar-refractivity contribution in [2.75, 3.05) is 6.26 Å². The molecule has 1 atom stereocenters. The van der Waals surface area contributed by atoms with E-state index in [1.54, 1.807) is 0 Å². The van der Waals surface area contributed by atoms with Crippen LogP contribution in [0.4, 0.5) is 5.69 Å². The van der Waals surface area contributed by atoms with Gasteiger partial charge in [0.05, 0.1) is 15.4 Å². The maximum atomic E-state index is 13.1. The molecule has 0 N–H and O–H groups in total. The summed E-state index contributed by atoms with van der Waals surface area (Å²) in [4.78, 5) is 43.9. The van der Waals surface area contributed by atoms with E-state index in [1.165, 1.54) is 18.5 Å². The minimum absolute atomic E-state index is 0.0270. The number of rotatable bonds is 7. The van der Waals surface area contributed by atoms with Crippen LogP contribution in [0.15, 0.2) is 41.6 Å². The molecule has 27 heavy (non-hydrogen) atoms. The lowest BCUT2D eigenvalue weighted by Crippen LogP contribution is -2.26. The highest BCUT2D eigenvalue weighted by atomic mass is 32.2. The number of Topliss-reactive ketones (excluding diaryl/α,β-unsaturated/α-hetero) is 2. The topological polar surface area (TPSA) is 137 Å². The van der Waals surface area contributed by atoms with Crippen molar-refractivity contribution in [2.24, 2.45) is 5.92 Å². The highest BCUT2D eigenvalue weighted by Crippen LogP contribution is 2.37. The van der Waals surface area contributed by atoms with E-state index in [1.807, 2.05) is 0 Å². The summed E-state index contributed by atoms with van der Waals surface area (Å²) in [6, 6.07) is 4.52. The third kappa shape index (κ3) is 3.90. The van der Waals surface area contributed by atoms with E-state index in [0.29, 0.717) is 12.8 Å². The molecule has 0 radical (unpaired) electrons. The maximum Gasteiger partial charge on any atom is 0.281 e. The molecule has 1 aliphatic carbocycles. The van der Waals surface area contributed by atoms with E-state index < -0.39 is 32.1 Å². The monoisotopic (exact) mass is 389 g/mol. The van der Waals surface area contributed by atoms with Crippen molar-refractivity contribution in [1.29, 1.82) is 0 Å². The molecule has 3 rings (SSSR count). The Morgan fingerprint density at radius 2 is 1.85 bits per heavy atom. The fraction of sp³-hybridized carbons (Fsp3) is 0.294. The van der Waals surface area contributed by atoms with Gasteiger partial charge in [-0.25, -0.2) is 18.4 Å². The molecule has 0 amide bonds. The quantitative estimate of drug-likeness (QED) is 0.302. The predicted octanol–water partition coefficient (Wildman–Crippen LogP) is 1.73. The van der Waals surface area contributed by atoms with Crippen molar-refractivity contribution in [3.63, 3.8) is 0 Å². The highest BCUT2D eigenvalue weighted by Gasteiger charge is 2.42. The molecule has 1 aromatic carbocycles. The van der Waals surface area contributed by atoms with E-state index in [2.05, 4.69) is 9.97 Å². The molecular weight excluding hydrogens is 374 g/mol. The van der Waals surface area contributed by atoms with Crippen molar-refractivity contribution in [3.05, 3.63) is 58.2 Å². The van der Waals surface area contributed by atoms with Gasteiger partial charge in [0.15, 0.2) is 21.4 Å². The molecule has 140 valence electrons. The lowest BCUT2D eigenvalue weighted by Gasteiger charge is -2.13. The molecule has 1 aliphatic rings. The number of carbonyl (C=O) groups is 2. The number of carbonyl (C=O) groups excluding carboxylic acids is 2. The summed E-state index contributed by atoms with van der Waals surface area (Å²) < 4.78 is 23.3. The lowest BCUT2D eigenvalue weighted by molar-refractivity contribution is -0.385. The van der Waals surface area contributed by atoms with Gasteiger partial charge in [0, 0.05) is 30.6 Å².